The molecule has 6 nitrogen and oxygen atoms in total. The molecule has 1 aliphatic rings. The van der Waals surface area contributed by atoms with E-state index in [0.717, 1.165) is 5.56 Å². The van der Waals surface area contributed by atoms with Gasteiger partial charge in [-0.1, -0.05) is 32.9 Å². The minimum absolute atomic E-state index is 0.0150. The van der Waals surface area contributed by atoms with Gasteiger partial charge in [0.05, 0.1) is 16.5 Å². The van der Waals surface area contributed by atoms with Gasteiger partial charge in [0.25, 0.3) is 0 Å². The van der Waals surface area contributed by atoms with Crippen LogP contribution >= 0.6 is 0 Å². The fourth-order valence-electron chi connectivity index (χ4n) is 3.09. The monoisotopic (exact) mass is 384 g/mol. The Bertz CT molecular complexity index is 949. The van der Waals surface area contributed by atoms with Crippen molar-refractivity contribution >= 4 is 15.8 Å². The Balaban J connectivity index is 1.72. The molecule has 142 valence electrons. The van der Waals surface area contributed by atoms with E-state index in [4.69, 9.17) is 5.26 Å². The normalized spacial score (nSPS) is 16.1. The Morgan fingerprint density at radius 3 is 2.22 bits per heavy atom. The van der Waals surface area contributed by atoms with Crippen LogP contribution in [0.15, 0.2) is 47.5 Å². The van der Waals surface area contributed by atoms with Gasteiger partial charge in [-0.05, 0) is 35.2 Å². The van der Waals surface area contributed by atoms with Crippen LogP contribution in [-0.4, -0.2) is 43.9 Å². The highest BCUT2D eigenvalue weighted by atomic mass is 32.2. The van der Waals surface area contributed by atoms with Gasteiger partial charge in [-0.25, -0.2) is 13.4 Å². The van der Waals surface area contributed by atoms with E-state index in [-0.39, 0.29) is 5.41 Å². The molecule has 0 N–H and O–H groups in total. The van der Waals surface area contributed by atoms with Crippen molar-refractivity contribution in [2.75, 3.05) is 31.1 Å². The molecule has 0 spiro atoms. The number of hydrogen-bond acceptors (Lipinski definition) is 5. The van der Waals surface area contributed by atoms with E-state index < -0.39 is 10.0 Å². The molecule has 0 bridgehead atoms. The van der Waals surface area contributed by atoms with Gasteiger partial charge in [-0.3, -0.25) is 0 Å². The van der Waals surface area contributed by atoms with Crippen LogP contribution in [0.4, 0.5) is 5.82 Å². The van der Waals surface area contributed by atoms with Crippen LogP contribution in [0.1, 0.15) is 31.9 Å². The summed E-state index contributed by atoms with van der Waals surface area (Å²) in [6.45, 7) is 8.17. The molecule has 1 aromatic heterocycles. The number of sulfonamides is 1. The third-order valence-corrected chi connectivity index (χ3v) is 6.71. The van der Waals surface area contributed by atoms with Crippen LogP contribution in [-0.2, 0) is 15.4 Å². The average molecular weight is 385 g/mol. The number of rotatable bonds is 3. The summed E-state index contributed by atoms with van der Waals surface area (Å²) in [6, 6.07) is 12.7. The second-order valence-corrected chi connectivity index (χ2v) is 9.62. The lowest BCUT2D eigenvalue weighted by atomic mass is 9.87. The number of benzene rings is 1. The molecule has 1 fully saturated rings. The van der Waals surface area contributed by atoms with Crippen LogP contribution in [0.3, 0.4) is 0 Å². The molecule has 1 saturated heterocycles. The van der Waals surface area contributed by atoms with Crippen molar-refractivity contribution in [3.05, 3.63) is 53.7 Å². The van der Waals surface area contributed by atoms with E-state index in [1.165, 1.54) is 4.31 Å². The molecule has 0 unspecified atom stereocenters. The standard InChI is InChI=1S/C20H24N4O2S/c1-20(2,3)17-4-6-18(7-5-17)27(25,26)24-12-10-23(11-13-24)19-14-16(15-21)8-9-22-19/h4-9,14H,10-13H2,1-3H3. The highest BCUT2D eigenvalue weighted by molar-refractivity contribution is 7.89. The van der Waals surface area contributed by atoms with E-state index in [1.807, 2.05) is 17.0 Å². The summed E-state index contributed by atoms with van der Waals surface area (Å²) in [5.74, 6) is 0.709. The topological polar surface area (TPSA) is 77.3 Å². The van der Waals surface area contributed by atoms with Gasteiger partial charge in [-0.2, -0.15) is 9.57 Å². The minimum atomic E-state index is -3.51. The van der Waals surface area contributed by atoms with E-state index in [9.17, 15) is 8.42 Å². The van der Waals surface area contributed by atoms with E-state index in [0.29, 0.717) is 42.5 Å². The molecule has 2 heterocycles. The Morgan fingerprint density at radius 1 is 1.04 bits per heavy atom. The largest absolute Gasteiger partial charge is 0.354 e. The molecule has 0 aliphatic carbocycles. The van der Waals surface area contributed by atoms with E-state index in [1.54, 1.807) is 30.5 Å². The molecular formula is C20H24N4O2S. The first kappa shape index (κ1) is 19.3. The molecule has 1 aromatic carbocycles. The number of piperazine rings is 1. The zero-order chi connectivity index (χ0) is 19.7. The molecule has 3 rings (SSSR count). The van der Waals surface area contributed by atoms with Crippen LogP contribution in [0.5, 0.6) is 0 Å². The molecule has 0 amide bonds. The maximum absolute atomic E-state index is 12.9. The number of hydrogen-bond donors (Lipinski definition) is 0. The van der Waals surface area contributed by atoms with Crippen molar-refractivity contribution in [2.24, 2.45) is 0 Å². The predicted molar refractivity (Wildman–Crippen MR) is 105 cm³/mol. The predicted octanol–water partition coefficient (Wildman–Crippen LogP) is 2.76. The summed E-state index contributed by atoms with van der Waals surface area (Å²) < 4.78 is 27.4. The quantitative estimate of drug-likeness (QED) is 0.813. The van der Waals surface area contributed by atoms with Gasteiger partial charge >= 0.3 is 0 Å². The maximum Gasteiger partial charge on any atom is 0.243 e. The summed E-state index contributed by atoms with van der Waals surface area (Å²) in [5, 5.41) is 9.02. The van der Waals surface area contributed by atoms with Gasteiger partial charge in [0, 0.05) is 32.4 Å². The van der Waals surface area contributed by atoms with Crippen molar-refractivity contribution in [2.45, 2.75) is 31.1 Å². The van der Waals surface area contributed by atoms with Crippen LogP contribution < -0.4 is 4.90 Å². The average Bonchev–Trinajstić information content (AvgIpc) is 2.67. The second kappa shape index (κ2) is 7.29. The van der Waals surface area contributed by atoms with Gasteiger partial charge in [0.15, 0.2) is 0 Å². The summed E-state index contributed by atoms with van der Waals surface area (Å²) >= 11 is 0. The first-order valence-electron chi connectivity index (χ1n) is 8.93. The lowest BCUT2D eigenvalue weighted by molar-refractivity contribution is 0.384. The maximum atomic E-state index is 12.9. The van der Waals surface area contributed by atoms with Crippen molar-refractivity contribution in [3.63, 3.8) is 0 Å². The zero-order valence-corrected chi connectivity index (χ0v) is 16.7. The summed E-state index contributed by atoms with van der Waals surface area (Å²) in [6.07, 6.45) is 1.60. The Kier molecular flexibility index (Phi) is 5.22. The van der Waals surface area contributed by atoms with Crippen molar-refractivity contribution in [1.29, 1.82) is 5.26 Å². The van der Waals surface area contributed by atoms with Crippen molar-refractivity contribution in [1.82, 2.24) is 9.29 Å². The number of nitriles is 1. The fraction of sp³-hybridized carbons (Fsp3) is 0.400. The van der Waals surface area contributed by atoms with E-state index in [2.05, 4.69) is 31.8 Å². The Labute approximate surface area is 161 Å². The summed E-state index contributed by atoms with van der Waals surface area (Å²) in [7, 11) is -3.51. The third-order valence-electron chi connectivity index (χ3n) is 4.80. The third kappa shape index (κ3) is 4.12. The van der Waals surface area contributed by atoms with Gasteiger partial charge in [0.1, 0.15) is 5.82 Å². The first-order valence-corrected chi connectivity index (χ1v) is 10.4. The number of anilines is 1. The SMILES string of the molecule is CC(C)(C)c1ccc(S(=O)(=O)N2CCN(c3cc(C#N)ccn3)CC2)cc1. The first-order chi connectivity index (χ1) is 12.7. The zero-order valence-electron chi connectivity index (χ0n) is 15.9. The van der Waals surface area contributed by atoms with Crippen molar-refractivity contribution in [3.8, 4) is 6.07 Å². The lowest BCUT2D eigenvalue weighted by Crippen LogP contribution is -2.48. The van der Waals surface area contributed by atoms with E-state index >= 15 is 0 Å². The lowest BCUT2D eigenvalue weighted by Gasteiger charge is -2.34. The number of nitrogens with zero attached hydrogens (tertiary/aromatic N) is 4. The van der Waals surface area contributed by atoms with Gasteiger partial charge < -0.3 is 4.90 Å². The minimum Gasteiger partial charge on any atom is -0.354 e. The Hall–Kier alpha value is -2.43. The van der Waals surface area contributed by atoms with Crippen molar-refractivity contribution < 1.29 is 8.42 Å². The highest BCUT2D eigenvalue weighted by Crippen LogP contribution is 2.25. The molecule has 0 atom stereocenters. The smallest absolute Gasteiger partial charge is 0.243 e. The van der Waals surface area contributed by atoms with Gasteiger partial charge in [-0.15, -0.1) is 0 Å². The fourth-order valence-corrected chi connectivity index (χ4v) is 4.52. The summed E-state index contributed by atoms with van der Waals surface area (Å²) in [4.78, 5) is 6.63. The second-order valence-electron chi connectivity index (χ2n) is 7.68. The van der Waals surface area contributed by atoms with Crippen LogP contribution in [0, 0.1) is 11.3 Å². The molecule has 0 radical (unpaired) electrons. The molecule has 7 heteroatoms. The molecule has 2 aromatic rings. The highest BCUT2D eigenvalue weighted by Gasteiger charge is 2.29. The van der Waals surface area contributed by atoms with Gasteiger partial charge in [0.2, 0.25) is 10.0 Å². The molecule has 27 heavy (non-hydrogen) atoms. The van der Waals surface area contributed by atoms with Crippen LogP contribution in [0.25, 0.3) is 0 Å². The molecule has 1 aliphatic heterocycles. The molecule has 0 saturated carbocycles. The van der Waals surface area contributed by atoms with Crippen LogP contribution in [0.2, 0.25) is 0 Å². The summed E-state index contributed by atoms with van der Waals surface area (Å²) in [5.41, 5.74) is 1.64. The molecular weight excluding hydrogens is 360 g/mol. The number of pyridine rings is 1. The Morgan fingerprint density at radius 2 is 1.67 bits per heavy atom. The number of aromatic nitrogens is 1.